The number of carboxylic acid groups (broad SMARTS) is 1. The average Bonchev–Trinajstić information content (AvgIpc) is 2.15. The highest BCUT2D eigenvalue weighted by molar-refractivity contribution is 5.68. The number of nitrogens with zero attached hydrogens (tertiary/aromatic N) is 1. The number of hydrogen-bond acceptors (Lipinski definition) is 3. The molecule has 1 aromatic carbocycles. The van der Waals surface area contributed by atoms with Crippen molar-refractivity contribution in [3.63, 3.8) is 0 Å². The maximum atomic E-state index is 13.0. The van der Waals surface area contributed by atoms with Crippen molar-refractivity contribution in [1.82, 2.24) is 0 Å². The van der Waals surface area contributed by atoms with E-state index in [2.05, 4.69) is 4.74 Å². The molecule has 0 saturated carbocycles. The zero-order valence-corrected chi connectivity index (χ0v) is 7.33. The van der Waals surface area contributed by atoms with Crippen LogP contribution in [0.3, 0.4) is 0 Å². The van der Waals surface area contributed by atoms with Gasteiger partial charge in [-0.1, -0.05) is 0 Å². The minimum Gasteiger partial charge on any atom is -0.479 e. The number of carboxylic acids is 1. The quantitative estimate of drug-likeness (QED) is 0.821. The van der Waals surface area contributed by atoms with Crippen LogP contribution in [0.2, 0.25) is 0 Å². The van der Waals surface area contributed by atoms with Crippen molar-refractivity contribution in [2.45, 2.75) is 0 Å². The van der Waals surface area contributed by atoms with Gasteiger partial charge in [0.05, 0.1) is 11.6 Å². The van der Waals surface area contributed by atoms with Gasteiger partial charge < -0.3 is 9.84 Å². The van der Waals surface area contributed by atoms with E-state index in [4.69, 9.17) is 10.4 Å². The van der Waals surface area contributed by atoms with Crippen molar-refractivity contribution < 1.29 is 23.4 Å². The molecule has 6 heteroatoms. The van der Waals surface area contributed by atoms with Crippen molar-refractivity contribution >= 4 is 5.97 Å². The first-order valence-electron chi connectivity index (χ1n) is 3.78. The minimum absolute atomic E-state index is 0.201. The van der Waals surface area contributed by atoms with Gasteiger partial charge in [-0.25, -0.2) is 13.6 Å². The molecule has 1 N–H and O–H groups in total. The third-order valence-corrected chi connectivity index (χ3v) is 1.47. The molecule has 15 heavy (non-hydrogen) atoms. The van der Waals surface area contributed by atoms with Gasteiger partial charge in [0, 0.05) is 0 Å². The Bertz CT molecular complexity index is 416. The van der Waals surface area contributed by atoms with Crippen LogP contribution < -0.4 is 4.74 Å². The van der Waals surface area contributed by atoms with E-state index in [1.165, 1.54) is 0 Å². The molecular weight excluding hydrogens is 208 g/mol. The van der Waals surface area contributed by atoms with Crippen LogP contribution in [0.5, 0.6) is 5.75 Å². The molecule has 0 bridgehead atoms. The Kier molecular flexibility index (Phi) is 3.18. The largest absolute Gasteiger partial charge is 0.479 e. The molecule has 4 nitrogen and oxygen atoms in total. The molecule has 0 aromatic heterocycles. The Balaban J connectivity index is 2.99. The lowest BCUT2D eigenvalue weighted by atomic mass is 10.2. The average molecular weight is 213 g/mol. The first kappa shape index (κ1) is 10.9. The Morgan fingerprint density at radius 3 is 2.40 bits per heavy atom. The van der Waals surface area contributed by atoms with Gasteiger partial charge in [-0.15, -0.1) is 0 Å². The summed E-state index contributed by atoms with van der Waals surface area (Å²) in [6, 6.07) is 3.08. The molecule has 0 spiro atoms. The van der Waals surface area contributed by atoms with Crippen LogP contribution in [0.1, 0.15) is 5.56 Å². The summed E-state index contributed by atoms with van der Waals surface area (Å²) in [4.78, 5) is 10.1. The summed E-state index contributed by atoms with van der Waals surface area (Å²) >= 11 is 0. The van der Waals surface area contributed by atoms with E-state index in [0.717, 1.165) is 12.1 Å². The smallest absolute Gasteiger partial charge is 0.341 e. The lowest BCUT2D eigenvalue weighted by Crippen LogP contribution is -2.11. The molecule has 0 heterocycles. The fourth-order valence-corrected chi connectivity index (χ4v) is 0.896. The summed E-state index contributed by atoms with van der Waals surface area (Å²) < 4.78 is 30.4. The molecule has 0 unspecified atom stereocenters. The van der Waals surface area contributed by atoms with Crippen molar-refractivity contribution in [3.05, 3.63) is 29.3 Å². The monoisotopic (exact) mass is 213 g/mol. The summed E-state index contributed by atoms with van der Waals surface area (Å²) in [6.45, 7) is -0.847. The van der Waals surface area contributed by atoms with Crippen molar-refractivity contribution in [2.75, 3.05) is 6.61 Å². The van der Waals surface area contributed by atoms with E-state index in [1.807, 2.05) is 0 Å². The molecule has 0 radical (unpaired) electrons. The second-order valence-corrected chi connectivity index (χ2v) is 2.56. The Hall–Kier alpha value is -2.16. The number of halogens is 2. The van der Waals surface area contributed by atoms with Gasteiger partial charge in [0.2, 0.25) is 0 Å². The molecule has 0 aliphatic rings. The minimum atomic E-state index is -1.35. The predicted octanol–water partition coefficient (Wildman–Crippen LogP) is 1.30. The molecule has 0 fully saturated rings. The molecule has 1 aromatic rings. The highest BCUT2D eigenvalue weighted by Crippen LogP contribution is 2.22. The fourth-order valence-electron chi connectivity index (χ4n) is 0.896. The lowest BCUT2D eigenvalue weighted by molar-refractivity contribution is -0.139. The van der Waals surface area contributed by atoms with Gasteiger partial charge in [0.1, 0.15) is 0 Å². The fraction of sp³-hybridized carbons (Fsp3) is 0.111. The third-order valence-electron chi connectivity index (χ3n) is 1.47. The van der Waals surface area contributed by atoms with E-state index in [1.54, 1.807) is 6.07 Å². The summed E-state index contributed by atoms with van der Waals surface area (Å²) in [5.41, 5.74) is -0.201. The predicted molar refractivity (Wildman–Crippen MR) is 44.2 cm³/mol. The topological polar surface area (TPSA) is 70.3 Å². The number of benzene rings is 1. The zero-order chi connectivity index (χ0) is 11.4. The van der Waals surface area contributed by atoms with Gasteiger partial charge in [-0.05, 0) is 12.1 Å². The van der Waals surface area contributed by atoms with Gasteiger partial charge in [0.25, 0.3) is 0 Å². The van der Waals surface area contributed by atoms with Crippen LogP contribution in [-0.2, 0) is 4.79 Å². The maximum Gasteiger partial charge on any atom is 0.341 e. The van der Waals surface area contributed by atoms with Gasteiger partial charge in [-0.2, -0.15) is 5.26 Å². The van der Waals surface area contributed by atoms with Crippen LogP contribution in [0.4, 0.5) is 8.78 Å². The summed E-state index contributed by atoms with van der Waals surface area (Å²) in [5.74, 6) is -4.35. The highest BCUT2D eigenvalue weighted by atomic mass is 19.1. The van der Waals surface area contributed by atoms with Crippen LogP contribution >= 0.6 is 0 Å². The molecule has 0 aliphatic carbocycles. The van der Waals surface area contributed by atoms with Crippen LogP contribution in [0.25, 0.3) is 0 Å². The van der Waals surface area contributed by atoms with Crippen LogP contribution in [0, 0.1) is 23.0 Å². The van der Waals surface area contributed by atoms with Gasteiger partial charge in [-0.3, -0.25) is 0 Å². The molecule has 78 valence electrons. The van der Waals surface area contributed by atoms with Crippen molar-refractivity contribution in [2.24, 2.45) is 0 Å². The third kappa shape index (κ3) is 2.64. The number of nitriles is 1. The van der Waals surface area contributed by atoms with Crippen molar-refractivity contribution in [1.29, 1.82) is 5.26 Å². The Labute approximate surface area is 83.3 Å². The van der Waals surface area contributed by atoms with Gasteiger partial charge in [0.15, 0.2) is 24.0 Å². The first-order chi connectivity index (χ1) is 7.04. The van der Waals surface area contributed by atoms with Crippen LogP contribution in [0.15, 0.2) is 12.1 Å². The number of hydrogen-bond donors (Lipinski definition) is 1. The number of rotatable bonds is 3. The molecule has 0 aliphatic heterocycles. The Morgan fingerprint density at radius 1 is 1.47 bits per heavy atom. The van der Waals surface area contributed by atoms with Crippen molar-refractivity contribution in [3.8, 4) is 11.8 Å². The standard InChI is InChI=1S/C9H5F2NO3/c10-6-1-5(3-12)2-7(11)9(6)15-4-8(13)14/h1-2H,4H2,(H,13,14). The SMILES string of the molecule is N#Cc1cc(F)c(OCC(=O)O)c(F)c1. The van der Waals surface area contributed by atoms with E-state index >= 15 is 0 Å². The summed E-state index contributed by atoms with van der Waals surface area (Å²) in [7, 11) is 0. The van der Waals surface area contributed by atoms with Crippen LogP contribution in [-0.4, -0.2) is 17.7 Å². The number of ether oxygens (including phenoxy) is 1. The first-order valence-corrected chi connectivity index (χ1v) is 3.78. The highest BCUT2D eigenvalue weighted by Gasteiger charge is 2.13. The maximum absolute atomic E-state index is 13.0. The second-order valence-electron chi connectivity index (χ2n) is 2.56. The van der Waals surface area contributed by atoms with Gasteiger partial charge >= 0.3 is 5.97 Å². The lowest BCUT2D eigenvalue weighted by Gasteiger charge is -2.05. The molecule has 1 rings (SSSR count). The number of aliphatic carboxylic acids is 1. The molecule has 0 amide bonds. The zero-order valence-electron chi connectivity index (χ0n) is 7.33. The Morgan fingerprint density at radius 2 is 2.00 bits per heavy atom. The normalized spacial score (nSPS) is 9.40. The number of carbonyl (C=O) groups is 1. The summed E-state index contributed by atoms with van der Waals surface area (Å²) in [6.07, 6.45) is 0. The van der Waals surface area contributed by atoms with E-state index < -0.39 is 30.0 Å². The van der Waals surface area contributed by atoms with E-state index in [9.17, 15) is 13.6 Å². The van der Waals surface area contributed by atoms with E-state index in [0.29, 0.717) is 0 Å². The summed E-state index contributed by atoms with van der Waals surface area (Å²) in [5, 5.41) is 16.6. The molecular formula is C9H5F2NO3. The van der Waals surface area contributed by atoms with E-state index in [-0.39, 0.29) is 5.56 Å². The molecule has 0 saturated heterocycles. The molecule has 0 atom stereocenters. The second kappa shape index (κ2) is 4.37.